The van der Waals surface area contributed by atoms with E-state index >= 15 is 0 Å². The van der Waals surface area contributed by atoms with Gasteiger partial charge in [0.25, 0.3) is 0 Å². The molecule has 0 spiro atoms. The summed E-state index contributed by atoms with van der Waals surface area (Å²) in [4.78, 5) is 2.36. The van der Waals surface area contributed by atoms with Crippen molar-refractivity contribution in [2.45, 2.75) is 22.6 Å². The Bertz CT molecular complexity index is 923. The molecule has 0 aliphatic carbocycles. The van der Waals surface area contributed by atoms with E-state index in [1.54, 1.807) is 17.8 Å². The molecule has 1 aliphatic heterocycles. The Balaban J connectivity index is 1.67. The molecule has 3 aromatic rings. The second-order valence-electron chi connectivity index (χ2n) is 5.87. The van der Waals surface area contributed by atoms with E-state index in [1.807, 2.05) is 25.1 Å². The highest BCUT2D eigenvalue weighted by Gasteiger charge is 2.18. The maximum Gasteiger partial charge on any atom is 0.159 e. The van der Waals surface area contributed by atoms with Gasteiger partial charge >= 0.3 is 0 Å². The number of rotatable bonds is 2. The van der Waals surface area contributed by atoms with Crippen LogP contribution in [0.4, 0.5) is 20.2 Å². The highest BCUT2D eigenvalue weighted by Crippen LogP contribution is 2.45. The molecule has 4 rings (SSSR count). The number of benzene rings is 3. The fourth-order valence-corrected chi connectivity index (χ4v) is 3.87. The molecule has 3 aromatic carbocycles. The van der Waals surface area contributed by atoms with Crippen LogP contribution < -0.4 is 5.32 Å². The van der Waals surface area contributed by atoms with Crippen molar-refractivity contribution in [3.8, 4) is 0 Å². The number of para-hydroxylation sites is 1. The molecule has 0 radical (unpaired) electrons. The van der Waals surface area contributed by atoms with Crippen molar-refractivity contribution in [3.63, 3.8) is 0 Å². The molecule has 0 saturated carbocycles. The molecule has 1 unspecified atom stereocenters. The molecule has 1 atom stereocenters. The highest BCUT2D eigenvalue weighted by molar-refractivity contribution is 7.99. The Hall–Kier alpha value is -2.33. The summed E-state index contributed by atoms with van der Waals surface area (Å²) in [6.45, 7) is 2.00. The highest BCUT2D eigenvalue weighted by atomic mass is 32.2. The van der Waals surface area contributed by atoms with Gasteiger partial charge in [0.1, 0.15) is 0 Å². The second kappa shape index (κ2) is 5.95. The van der Waals surface area contributed by atoms with Gasteiger partial charge < -0.3 is 5.32 Å². The topological polar surface area (TPSA) is 12.0 Å². The molecule has 0 amide bonds. The van der Waals surface area contributed by atoms with Gasteiger partial charge in [-0.1, -0.05) is 43.0 Å². The Labute approximate surface area is 143 Å². The van der Waals surface area contributed by atoms with Gasteiger partial charge in [-0.2, -0.15) is 0 Å². The first-order valence-electron chi connectivity index (χ1n) is 7.74. The first kappa shape index (κ1) is 15.2. The van der Waals surface area contributed by atoms with Crippen LogP contribution >= 0.6 is 11.8 Å². The maximum atomic E-state index is 13.5. The van der Waals surface area contributed by atoms with Crippen LogP contribution in [0.25, 0.3) is 0 Å². The molecular formula is C20H15F2NS. The fourth-order valence-electron chi connectivity index (χ4n) is 2.90. The molecule has 0 saturated heterocycles. The third-order valence-electron chi connectivity index (χ3n) is 4.32. The van der Waals surface area contributed by atoms with Crippen LogP contribution in [0.1, 0.15) is 24.0 Å². The summed E-state index contributed by atoms with van der Waals surface area (Å²) in [5.74, 6) is -1.64. The number of hydrogen-bond donors (Lipinski definition) is 1. The minimum absolute atomic E-state index is 0.0191. The van der Waals surface area contributed by atoms with E-state index < -0.39 is 11.6 Å². The monoisotopic (exact) mass is 339 g/mol. The van der Waals surface area contributed by atoms with Gasteiger partial charge in [0.15, 0.2) is 11.6 Å². The van der Waals surface area contributed by atoms with Gasteiger partial charge in [0.05, 0.1) is 11.4 Å². The normalized spacial score (nSPS) is 13.6. The van der Waals surface area contributed by atoms with Crippen LogP contribution in [0.5, 0.6) is 0 Å². The summed E-state index contributed by atoms with van der Waals surface area (Å²) in [7, 11) is 0. The Morgan fingerprint density at radius 2 is 1.50 bits per heavy atom. The molecule has 0 bridgehead atoms. The van der Waals surface area contributed by atoms with Crippen molar-refractivity contribution in [2.24, 2.45) is 0 Å². The van der Waals surface area contributed by atoms with E-state index in [0.717, 1.165) is 27.4 Å². The van der Waals surface area contributed by atoms with Crippen LogP contribution in [0, 0.1) is 11.6 Å². The average molecular weight is 339 g/mol. The summed E-state index contributed by atoms with van der Waals surface area (Å²) in [5.41, 5.74) is 3.96. The number of nitrogens with one attached hydrogen (secondary N) is 1. The van der Waals surface area contributed by atoms with Crippen molar-refractivity contribution in [1.82, 2.24) is 0 Å². The Morgan fingerprint density at radius 1 is 0.792 bits per heavy atom. The predicted molar refractivity (Wildman–Crippen MR) is 94.2 cm³/mol. The van der Waals surface area contributed by atoms with Gasteiger partial charge in [-0.25, -0.2) is 8.78 Å². The van der Waals surface area contributed by atoms with Gasteiger partial charge in [-0.3, -0.25) is 0 Å². The third kappa shape index (κ3) is 2.67. The smallest absolute Gasteiger partial charge is 0.159 e. The zero-order chi connectivity index (χ0) is 16.7. The molecule has 4 heteroatoms. The molecule has 24 heavy (non-hydrogen) atoms. The van der Waals surface area contributed by atoms with Gasteiger partial charge in [-0.15, -0.1) is 0 Å². The van der Waals surface area contributed by atoms with Crippen LogP contribution in [-0.2, 0) is 0 Å². The van der Waals surface area contributed by atoms with Gasteiger partial charge in [0.2, 0.25) is 0 Å². The van der Waals surface area contributed by atoms with E-state index in [2.05, 4.69) is 29.6 Å². The minimum Gasteiger partial charge on any atom is -0.354 e. The van der Waals surface area contributed by atoms with Crippen LogP contribution in [0.3, 0.4) is 0 Å². The first-order chi connectivity index (χ1) is 11.6. The Kier molecular flexibility index (Phi) is 3.77. The summed E-state index contributed by atoms with van der Waals surface area (Å²) < 4.78 is 26.6. The minimum atomic E-state index is -0.814. The van der Waals surface area contributed by atoms with E-state index in [0.29, 0.717) is 0 Å². The first-order valence-corrected chi connectivity index (χ1v) is 8.56. The van der Waals surface area contributed by atoms with Crippen LogP contribution in [0.15, 0.2) is 70.5 Å². The molecule has 1 aliphatic rings. The SMILES string of the molecule is CC(c1ccc(F)c(F)c1)c1ccc2c(c1)Nc1ccccc1S2. The molecule has 1 nitrogen and oxygen atoms in total. The predicted octanol–water partition coefficient (Wildman–Crippen LogP) is 6.32. The Morgan fingerprint density at radius 3 is 2.33 bits per heavy atom. The lowest BCUT2D eigenvalue weighted by molar-refractivity contribution is 0.506. The number of anilines is 2. The van der Waals surface area contributed by atoms with Gasteiger partial charge in [-0.05, 0) is 47.5 Å². The molecule has 0 fully saturated rings. The molecule has 0 aromatic heterocycles. The lowest BCUT2D eigenvalue weighted by atomic mass is 9.92. The molecule has 1 heterocycles. The summed E-state index contributed by atoms with van der Waals surface area (Å²) in [6.07, 6.45) is 0. The lowest BCUT2D eigenvalue weighted by Gasteiger charge is -2.22. The standard InChI is InChI=1S/C20H15F2NS/c1-12(13-6-8-15(21)16(22)10-13)14-7-9-20-18(11-14)23-17-4-2-3-5-19(17)24-20/h2-12,23H,1H3. The van der Waals surface area contributed by atoms with E-state index in [-0.39, 0.29) is 5.92 Å². The lowest BCUT2D eigenvalue weighted by Crippen LogP contribution is -2.03. The number of fused-ring (bicyclic) bond motifs is 2. The maximum absolute atomic E-state index is 13.5. The molecule has 1 N–H and O–H groups in total. The van der Waals surface area contributed by atoms with Crippen molar-refractivity contribution >= 4 is 23.1 Å². The molecule has 120 valence electrons. The van der Waals surface area contributed by atoms with Crippen molar-refractivity contribution in [2.75, 3.05) is 5.32 Å². The van der Waals surface area contributed by atoms with Crippen molar-refractivity contribution in [3.05, 3.63) is 83.4 Å². The zero-order valence-electron chi connectivity index (χ0n) is 13.0. The zero-order valence-corrected chi connectivity index (χ0v) is 13.8. The summed E-state index contributed by atoms with van der Waals surface area (Å²) in [6, 6.07) is 18.5. The summed E-state index contributed by atoms with van der Waals surface area (Å²) >= 11 is 1.73. The van der Waals surface area contributed by atoms with Gasteiger partial charge in [0, 0.05) is 15.7 Å². The van der Waals surface area contributed by atoms with E-state index in [1.165, 1.54) is 17.0 Å². The third-order valence-corrected chi connectivity index (χ3v) is 5.48. The van der Waals surface area contributed by atoms with Crippen LogP contribution in [0.2, 0.25) is 0 Å². The van der Waals surface area contributed by atoms with Crippen LogP contribution in [-0.4, -0.2) is 0 Å². The number of halogens is 2. The second-order valence-corrected chi connectivity index (χ2v) is 6.96. The average Bonchev–Trinajstić information content (AvgIpc) is 2.61. The molecular weight excluding hydrogens is 324 g/mol. The largest absolute Gasteiger partial charge is 0.354 e. The fraction of sp³-hybridized carbons (Fsp3) is 0.100. The quantitative estimate of drug-likeness (QED) is 0.458. The number of hydrogen-bond acceptors (Lipinski definition) is 2. The summed E-state index contributed by atoms with van der Waals surface area (Å²) in [5, 5.41) is 3.45. The van der Waals surface area contributed by atoms with Crippen molar-refractivity contribution < 1.29 is 8.78 Å². The van der Waals surface area contributed by atoms with E-state index in [4.69, 9.17) is 0 Å². The van der Waals surface area contributed by atoms with E-state index in [9.17, 15) is 8.78 Å². The van der Waals surface area contributed by atoms with Crippen molar-refractivity contribution in [1.29, 1.82) is 0 Å².